The van der Waals surface area contributed by atoms with Gasteiger partial charge in [0.25, 0.3) is 0 Å². The maximum Gasteiger partial charge on any atom is 0.379 e. The van der Waals surface area contributed by atoms with Gasteiger partial charge in [-0.15, -0.1) is 0 Å². The summed E-state index contributed by atoms with van der Waals surface area (Å²) in [6.45, 7) is 1.77. The van der Waals surface area contributed by atoms with Crippen molar-refractivity contribution in [3.8, 4) is 0 Å². The highest BCUT2D eigenvalue weighted by molar-refractivity contribution is 6.30. The third-order valence-corrected chi connectivity index (χ3v) is 4.65. The van der Waals surface area contributed by atoms with Crippen LogP contribution in [-0.4, -0.2) is 29.3 Å². The van der Waals surface area contributed by atoms with Crippen LogP contribution < -0.4 is 0 Å². The fourth-order valence-electron chi connectivity index (χ4n) is 3.32. The van der Waals surface area contributed by atoms with Crippen molar-refractivity contribution in [2.45, 2.75) is 44.3 Å². The highest BCUT2D eigenvalue weighted by Gasteiger charge is 2.50. The van der Waals surface area contributed by atoms with Crippen LogP contribution >= 0.6 is 11.6 Å². The van der Waals surface area contributed by atoms with Gasteiger partial charge in [-0.05, 0) is 43.0 Å². The van der Waals surface area contributed by atoms with E-state index in [1.165, 1.54) is 0 Å². The zero-order valence-electron chi connectivity index (χ0n) is 13.4. The van der Waals surface area contributed by atoms with Crippen molar-refractivity contribution in [1.82, 2.24) is 0 Å². The molecular weight excluding hydrogens is 332 g/mol. The fourth-order valence-corrected chi connectivity index (χ4v) is 3.52. The lowest BCUT2D eigenvalue weighted by molar-refractivity contribution is -0.223. The molecule has 0 amide bonds. The zero-order valence-corrected chi connectivity index (χ0v) is 14.1. The Kier molecular flexibility index (Phi) is 4.65. The summed E-state index contributed by atoms with van der Waals surface area (Å²) < 4.78 is 10.4. The Morgan fingerprint density at radius 2 is 2.25 bits per heavy atom. The molecule has 2 aliphatic rings. The van der Waals surface area contributed by atoms with E-state index in [-0.39, 0.29) is 30.5 Å². The lowest BCUT2D eigenvalue weighted by Gasteiger charge is -2.39. The lowest BCUT2D eigenvalue weighted by Crippen LogP contribution is -2.48. The van der Waals surface area contributed by atoms with Gasteiger partial charge in [0.15, 0.2) is 11.5 Å². The molecule has 128 valence electrons. The fraction of sp³-hybridized carbons (Fsp3) is 0.444. The minimum atomic E-state index is -2.16. The summed E-state index contributed by atoms with van der Waals surface area (Å²) in [5, 5.41) is 11.3. The molecule has 24 heavy (non-hydrogen) atoms. The number of aliphatic hydroxyl groups is 1. The van der Waals surface area contributed by atoms with E-state index in [0.717, 1.165) is 17.6 Å². The first-order chi connectivity index (χ1) is 11.4. The van der Waals surface area contributed by atoms with Gasteiger partial charge < -0.3 is 14.6 Å². The molecule has 0 spiro atoms. The van der Waals surface area contributed by atoms with Gasteiger partial charge in [-0.2, -0.15) is 0 Å². The number of carbonyl (C=O) groups excluding carboxylic acids is 2. The number of carbonyl (C=O) groups is 2. The molecule has 1 aliphatic heterocycles. The van der Waals surface area contributed by atoms with Crippen LogP contribution in [0.1, 0.15) is 44.1 Å². The Hall–Kier alpha value is -1.85. The topological polar surface area (TPSA) is 72.8 Å². The number of esters is 1. The van der Waals surface area contributed by atoms with Crippen molar-refractivity contribution in [1.29, 1.82) is 0 Å². The molecule has 3 rings (SSSR count). The molecule has 5 nitrogen and oxygen atoms in total. The zero-order chi connectivity index (χ0) is 17.3. The summed E-state index contributed by atoms with van der Waals surface area (Å²) in [5.74, 6) is -3.43. The van der Waals surface area contributed by atoms with E-state index in [9.17, 15) is 14.7 Å². The molecule has 0 unspecified atom stereocenters. The molecule has 1 heterocycles. The van der Waals surface area contributed by atoms with Crippen molar-refractivity contribution in [3.63, 3.8) is 0 Å². The maximum absolute atomic E-state index is 12.3. The van der Waals surface area contributed by atoms with Crippen molar-refractivity contribution < 1.29 is 24.2 Å². The number of hydrogen-bond acceptors (Lipinski definition) is 5. The molecule has 0 aromatic heterocycles. The molecule has 0 bridgehead atoms. The first-order valence-corrected chi connectivity index (χ1v) is 8.42. The normalized spacial score (nSPS) is 26.6. The standard InChI is InChI=1S/C18H19ClO5/c1-2-23-17(21)18(22)10-14(11-5-3-6-12(19)9-11)13-7-4-8-15(20)16(13)24-18/h3,5-6,9,14,22H,2,4,7-8,10H2,1H3/t14-,18+/m0/s1. The number of Topliss-reactive ketones (excluding diaryl/α,β-unsaturated/α-hetero) is 1. The Morgan fingerprint density at radius 1 is 1.46 bits per heavy atom. The van der Waals surface area contributed by atoms with E-state index in [1.54, 1.807) is 25.1 Å². The van der Waals surface area contributed by atoms with Gasteiger partial charge in [-0.1, -0.05) is 23.7 Å². The molecular formula is C18H19ClO5. The van der Waals surface area contributed by atoms with Gasteiger partial charge in [0.05, 0.1) is 6.61 Å². The first kappa shape index (κ1) is 17.0. The predicted octanol–water partition coefficient (Wildman–Crippen LogP) is 3.10. The van der Waals surface area contributed by atoms with Crippen molar-refractivity contribution in [3.05, 3.63) is 46.2 Å². The van der Waals surface area contributed by atoms with Crippen molar-refractivity contribution >= 4 is 23.4 Å². The predicted molar refractivity (Wildman–Crippen MR) is 87.4 cm³/mol. The van der Waals surface area contributed by atoms with Crippen molar-refractivity contribution in [2.75, 3.05) is 6.61 Å². The molecule has 0 saturated carbocycles. The van der Waals surface area contributed by atoms with Crippen LogP contribution in [0, 0.1) is 0 Å². The van der Waals surface area contributed by atoms with Gasteiger partial charge >= 0.3 is 11.8 Å². The molecule has 1 aromatic rings. The number of benzene rings is 1. The van der Waals surface area contributed by atoms with Crippen LogP contribution in [0.15, 0.2) is 35.6 Å². The van der Waals surface area contributed by atoms with Gasteiger partial charge in [0, 0.05) is 23.8 Å². The van der Waals surface area contributed by atoms with E-state index in [1.807, 2.05) is 6.07 Å². The number of ether oxygens (including phenoxy) is 2. The summed E-state index contributed by atoms with van der Waals surface area (Å²) in [6.07, 6.45) is 1.77. The highest BCUT2D eigenvalue weighted by atomic mass is 35.5. The van der Waals surface area contributed by atoms with Gasteiger partial charge in [0.1, 0.15) is 0 Å². The Bertz CT molecular complexity index is 711. The van der Waals surface area contributed by atoms with Crippen LogP contribution in [0.5, 0.6) is 0 Å². The average molecular weight is 351 g/mol. The SMILES string of the molecule is CCOC(=O)[C@@]1(O)C[C@@H](c2cccc(Cl)c2)C2=C(O1)C(=O)CCC2. The number of rotatable bonds is 3. The van der Waals surface area contributed by atoms with E-state index in [4.69, 9.17) is 21.1 Å². The molecule has 1 aliphatic carbocycles. The molecule has 2 atom stereocenters. The Morgan fingerprint density at radius 3 is 2.96 bits per heavy atom. The summed E-state index contributed by atoms with van der Waals surface area (Å²) in [7, 11) is 0. The number of ketones is 1. The average Bonchev–Trinajstić information content (AvgIpc) is 2.55. The minimum absolute atomic E-state index is 0.00170. The second-order valence-electron chi connectivity index (χ2n) is 6.05. The van der Waals surface area contributed by atoms with Gasteiger partial charge in [0.2, 0.25) is 0 Å². The smallest absolute Gasteiger partial charge is 0.379 e. The van der Waals surface area contributed by atoms with Crippen LogP contribution in [0.2, 0.25) is 5.02 Å². The largest absolute Gasteiger partial charge is 0.461 e. The number of halogens is 1. The third-order valence-electron chi connectivity index (χ3n) is 4.41. The first-order valence-electron chi connectivity index (χ1n) is 8.05. The molecule has 1 aromatic carbocycles. The maximum atomic E-state index is 12.3. The van der Waals surface area contributed by atoms with Crippen LogP contribution in [-0.2, 0) is 19.1 Å². The van der Waals surface area contributed by atoms with E-state index < -0.39 is 11.8 Å². The van der Waals surface area contributed by atoms with Gasteiger partial charge in [-0.25, -0.2) is 4.79 Å². The molecule has 6 heteroatoms. The number of allylic oxidation sites excluding steroid dienone is 2. The summed E-state index contributed by atoms with van der Waals surface area (Å²) in [6, 6.07) is 7.22. The second-order valence-corrected chi connectivity index (χ2v) is 6.49. The minimum Gasteiger partial charge on any atom is -0.461 e. The van der Waals surface area contributed by atoms with Crippen LogP contribution in [0.25, 0.3) is 0 Å². The Labute approximate surface area is 145 Å². The summed E-state index contributed by atoms with van der Waals surface area (Å²) in [4.78, 5) is 24.5. The van der Waals surface area contributed by atoms with E-state index in [0.29, 0.717) is 17.9 Å². The van der Waals surface area contributed by atoms with Crippen molar-refractivity contribution in [2.24, 2.45) is 0 Å². The molecule has 0 radical (unpaired) electrons. The molecule has 0 fully saturated rings. The van der Waals surface area contributed by atoms with Crippen LogP contribution in [0.3, 0.4) is 0 Å². The molecule has 0 saturated heterocycles. The number of hydrogen-bond donors (Lipinski definition) is 1. The lowest BCUT2D eigenvalue weighted by atomic mass is 9.77. The summed E-state index contributed by atoms with van der Waals surface area (Å²) in [5.41, 5.74) is 1.67. The Balaban J connectivity index is 2.06. The third kappa shape index (κ3) is 3.06. The van der Waals surface area contributed by atoms with Crippen LogP contribution in [0.4, 0.5) is 0 Å². The quantitative estimate of drug-likeness (QED) is 0.848. The van der Waals surface area contributed by atoms with E-state index in [2.05, 4.69) is 0 Å². The summed E-state index contributed by atoms with van der Waals surface area (Å²) >= 11 is 6.08. The molecule has 1 N–H and O–H groups in total. The van der Waals surface area contributed by atoms with Gasteiger partial charge in [-0.3, -0.25) is 4.79 Å². The highest BCUT2D eigenvalue weighted by Crippen LogP contribution is 2.46. The second kappa shape index (κ2) is 6.57. The monoisotopic (exact) mass is 350 g/mol. The van der Waals surface area contributed by atoms with E-state index >= 15 is 0 Å².